The third-order valence-electron chi connectivity index (χ3n) is 3.80. The Kier molecular flexibility index (Phi) is 4.29. The average molecular weight is 315 g/mol. The first-order chi connectivity index (χ1) is 11.1. The van der Waals surface area contributed by atoms with Crippen molar-refractivity contribution in [1.82, 2.24) is 19.5 Å². The summed E-state index contributed by atoms with van der Waals surface area (Å²) in [5.41, 5.74) is 1.79. The van der Waals surface area contributed by atoms with E-state index >= 15 is 0 Å². The van der Waals surface area contributed by atoms with Crippen molar-refractivity contribution in [3.05, 3.63) is 47.8 Å². The normalized spacial score (nSPS) is 17.2. The van der Waals surface area contributed by atoms with E-state index in [2.05, 4.69) is 15.1 Å². The maximum atomic E-state index is 10.4. The van der Waals surface area contributed by atoms with Crippen LogP contribution in [0.2, 0.25) is 0 Å². The van der Waals surface area contributed by atoms with Crippen molar-refractivity contribution in [1.29, 1.82) is 0 Å². The molecule has 0 fully saturated rings. The summed E-state index contributed by atoms with van der Waals surface area (Å²) in [6.07, 6.45) is 5.11. The monoisotopic (exact) mass is 315 g/mol. The van der Waals surface area contributed by atoms with Crippen LogP contribution >= 0.6 is 0 Å². The number of ether oxygens (including phenoxy) is 1. The van der Waals surface area contributed by atoms with E-state index in [4.69, 9.17) is 4.74 Å². The molecule has 0 spiro atoms. The number of hydrogen-bond donors (Lipinski definition) is 1. The smallest absolute Gasteiger partial charge is 0.312 e. The van der Waals surface area contributed by atoms with Gasteiger partial charge in [-0.1, -0.05) is 13.8 Å². The number of hydrogen-bond acceptors (Lipinski definition) is 6. The molecule has 1 N–H and O–H groups in total. The van der Waals surface area contributed by atoms with E-state index in [9.17, 15) is 5.11 Å². The highest BCUT2D eigenvalue weighted by molar-refractivity contribution is 5.74. The van der Waals surface area contributed by atoms with Crippen LogP contribution in [0.5, 0.6) is 0 Å². The maximum absolute atomic E-state index is 10.4. The van der Waals surface area contributed by atoms with Crippen molar-refractivity contribution >= 4 is 6.02 Å². The largest absolute Gasteiger partial charge is 0.463 e. The van der Waals surface area contributed by atoms with Crippen LogP contribution in [0, 0.1) is 0 Å². The van der Waals surface area contributed by atoms with Crippen LogP contribution in [0.15, 0.2) is 35.8 Å². The van der Waals surface area contributed by atoms with E-state index < -0.39 is 6.23 Å². The summed E-state index contributed by atoms with van der Waals surface area (Å²) in [4.78, 5) is 9.95. The fourth-order valence-corrected chi connectivity index (χ4v) is 2.45. The minimum atomic E-state index is -0.816. The lowest BCUT2D eigenvalue weighted by Gasteiger charge is -2.30. The summed E-state index contributed by atoms with van der Waals surface area (Å²) in [6, 6.07) is 4.30. The summed E-state index contributed by atoms with van der Waals surface area (Å²) in [5.74, 6) is 1.02. The van der Waals surface area contributed by atoms with Gasteiger partial charge in [0.2, 0.25) is 0 Å². The lowest BCUT2D eigenvalue weighted by Crippen LogP contribution is -2.38. The van der Waals surface area contributed by atoms with Crippen molar-refractivity contribution in [3.8, 4) is 0 Å². The predicted molar refractivity (Wildman–Crippen MR) is 85.8 cm³/mol. The van der Waals surface area contributed by atoms with E-state index in [1.165, 1.54) is 0 Å². The van der Waals surface area contributed by atoms with E-state index in [-0.39, 0.29) is 5.92 Å². The lowest BCUT2D eigenvalue weighted by molar-refractivity contribution is 0.0335. The highest BCUT2D eigenvalue weighted by atomic mass is 16.5. The number of fused-ring (bicyclic) bond motifs is 1. The first kappa shape index (κ1) is 15.5. The van der Waals surface area contributed by atoms with Gasteiger partial charge in [-0.15, -0.1) is 5.10 Å². The van der Waals surface area contributed by atoms with Gasteiger partial charge in [0, 0.05) is 31.8 Å². The fourth-order valence-electron chi connectivity index (χ4n) is 2.45. The number of aromatic nitrogens is 3. The van der Waals surface area contributed by atoms with Gasteiger partial charge in [0.15, 0.2) is 6.23 Å². The van der Waals surface area contributed by atoms with Crippen molar-refractivity contribution in [2.75, 3.05) is 13.7 Å². The standard InChI is InChI=1S/C16H21N5O2/c1-11(2)14-18-10-13-15(22)20(3)16(19-21(13)14)23-9-6-12-4-7-17-8-5-12/h4-5,7-8,10-11,15,22H,6,9H2,1-3H3. The van der Waals surface area contributed by atoms with Gasteiger partial charge < -0.3 is 9.84 Å². The number of aliphatic hydroxyl groups is 1. The van der Waals surface area contributed by atoms with Gasteiger partial charge in [0.05, 0.1) is 12.8 Å². The number of rotatable bonds is 4. The number of aliphatic hydroxyl groups excluding tert-OH is 1. The summed E-state index contributed by atoms with van der Waals surface area (Å²) >= 11 is 0. The van der Waals surface area contributed by atoms with Crippen LogP contribution < -0.4 is 0 Å². The molecule has 122 valence electrons. The van der Waals surface area contributed by atoms with Gasteiger partial charge >= 0.3 is 6.02 Å². The molecule has 1 unspecified atom stereocenters. The molecule has 0 radical (unpaired) electrons. The molecule has 0 aromatic carbocycles. The highest BCUT2D eigenvalue weighted by Gasteiger charge is 2.30. The second-order valence-corrected chi connectivity index (χ2v) is 5.83. The number of pyridine rings is 1. The maximum Gasteiger partial charge on any atom is 0.312 e. The Morgan fingerprint density at radius 3 is 2.74 bits per heavy atom. The van der Waals surface area contributed by atoms with Crippen LogP contribution in [0.3, 0.4) is 0 Å². The number of imidazole rings is 1. The molecule has 3 rings (SSSR count). The van der Waals surface area contributed by atoms with Crippen LogP contribution in [-0.4, -0.2) is 44.3 Å². The Balaban J connectivity index is 1.75. The molecule has 2 aromatic heterocycles. The second-order valence-electron chi connectivity index (χ2n) is 5.83. The van der Waals surface area contributed by atoms with Crippen molar-refractivity contribution in [2.24, 2.45) is 5.10 Å². The van der Waals surface area contributed by atoms with Crippen molar-refractivity contribution < 1.29 is 9.84 Å². The minimum absolute atomic E-state index is 0.209. The molecule has 3 heterocycles. The zero-order valence-electron chi connectivity index (χ0n) is 13.5. The molecule has 7 heteroatoms. The molecule has 1 aliphatic rings. The summed E-state index contributed by atoms with van der Waals surface area (Å²) in [6.45, 7) is 4.56. The first-order valence-corrected chi connectivity index (χ1v) is 7.67. The van der Waals surface area contributed by atoms with Gasteiger partial charge in [-0.2, -0.15) is 0 Å². The van der Waals surface area contributed by atoms with Gasteiger partial charge in [0.1, 0.15) is 11.5 Å². The quantitative estimate of drug-likeness (QED) is 0.929. The first-order valence-electron chi connectivity index (χ1n) is 7.67. The van der Waals surface area contributed by atoms with Gasteiger partial charge in [0.25, 0.3) is 0 Å². The Bertz CT molecular complexity index is 696. The second kappa shape index (κ2) is 6.37. The van der Waals surface area contributed by atoms with Crippen molar-refractivity contribution in [2.45, 2.75) is 32.4 Å². The zero-order valence-corrected chi connectivity index (χ0v) is 13.5. The molecule has 0 saturated carbocycles. The molecule has 23 heavy (non-hydrogen) atoms. The third kappa shape index (κ3) is 3.05. The average Bonchev–Trinajstić information content (AvgIpc) is 2.97. The van der Waals surface area contributed by atoms with Gasteiger partial charge in [-0.3, -0.25) is 9.88 Å². The van der Waals surface area contributed by atoms with Gasteiger partial charge in [-0.05, 0) is 17.7 Å². The van der Waals surface area contributed by atoms with E-state index in [1.807, 2.05) is 26.0 Å². The van der Waals surface area contributed by atoms with Crippen LogP contribution in [0.1, 0.15) is 43.1 Å². The Hall–Kier alpha value is -2.41. The molecule has 0 bridgehead atoms. The van der Waals surface area contributed by atoms with E-state index in [1.54, 1.807) is 35.2 Å². The Morgan fingerprint density at radius 2 is 2.04 bits per heavy atom. The van der Waals surface area contributed by atoms with Gasteiger partial charge in [-0.25, -0.2) is 9.66 Å². The van der Waals surface area contributed by atoms with Crippen LogP contribution in [0.4, 0.5) is 0 Å². The third-order valence-corrected chi connectivity index (χ3v) is 3.80. The molecular formula is C16H21N5O2. The van der Waals surface area contributed by atoms with E-state index in [0.29, 0.717) is 18.3 Å². The number of amidine groups is 1. The summed E-state index contributed by atoms with van der Waals surface area (Å²) in [7, 11) is 1.75. The fraction of sp³-hybridized carbons (Fsp3) is 0.438. The molecule has 7 nitrogen and oxygen atoms in total. The predicted octanol–water partition coefficient (Wildman–Crippen LogP) is 1.72. The molecular weight excluding hydrogens is 294 g/mol. The Labute approximate surface area is 135 Å². The SMILES string of the molecule is CC(C)c1ncc2n1N=C(OCCc1ccncc1)N(C)C2O. The number of nitrogens with zero attached hydrogens (tertiary/aromatic N) is 5. The summed E-state index contributed by atoms with van der Waals surface area (Å²) < 4.78 is 7.46. The topological polar surface area (TPSA) is 75.8 Å². The molecule has 0 saturated heterocycles. The molecule has 2 aromatic rings. The van der Waals surface area contributed by atoms with E-state index in [0.717, 1.165) is 17.8 Å². The molecule has 1 atom stereocenters. The summed E-state index contributed by atoms with van der Waals surface area (Å²) in [5, 5.41) is 14.9. The Morgan fingerprint density at radius 1 is 1.30 bits per heavy atom. The molecule has 0 amide bonds. The van der Waals surface area contributed by atoms with Crippen LogP contribution in [0.25, 0.3) is 0 Å². The van der Waals surface area contributed by atoms with Crippen molar-refractivity contribution in [3.63, 3.8) is 0 Å². The molecule has 1 aliphatic heterocycles. The lowest BCUT2D eigenvalue weighted by atomic mass is 10.2. The minimum Gasteiger partial charge on any atom is -0.463 e. The van der Waals surface area contributed by atoms with Crippen LogP contribution in [-0.2, 0) is 11.2 Å². The zero-order chi connectivity index (χ0) is 16.4. The highest BCUT2D eigenvalue weighted by Crippen LogP contribution is 2.26. The molecule has 0 aliphatic carbocycles.